The van der Waals surface area contributed by atoms with Gasteiger partial charge in [0.15, 0.2) is 6.61 Å². The number of nitro benzene ring substituents is 1. The molecule has 1 N–H and O–H groups in total. The lowest BCUT2D eigenvalue weighted by Gasteiger charge is -2.56. The molecular formula is C23H29N3O5. The van der Waals surface area contributed by atoms with E-state index in [0.717, 1.165) is 45.2 Å². The van der Waals surface area contributed by atoms with Crippen LogP contribution >= 0.6 is 0 Å². The SMILES string of the molecule is O=C(COC(=O)c1ccc(N2CCCC2)c([N+](=O)[O-])c1)NC12CC3CC(CC(C3)C1)C2. The van der Waals surface area contributed by atoms with Crippen molar-refractivity contribution < 1.29 is 19.2 Å². The van der Waals surface area contributed by atoms with Gasteiger partial charge in [-0.05, 0) is 81.3 Å². The van der Waals surface area contributed by atoms with Crippen molar-refractivity contribution in [3.8, 4) is 0 Å². The zero-order chi connectivity index (χ0) is 21.6. The molecule has 4 bridgehead atoms. The van der Waals surface area contributed by atoms with Gasteiger partial charge < -0.3 is 15.0 Å². The third-order valence-corrected chi connectivity index (χ3v) is 7.63. The first kappa shape index (κ1) is 20.3. The van der Waals surface area contributed by atoms with Gasteiger partial charge in [-0.15, -0.1) is 0 Å². The minimum atomic E-state index is -0.711. The van der Waals surface area contributed by atoms with Gasteiger partial charge in [-0.1, -0.05) is 0 Å². The van der Waals surface area contributed by atoms with Crippen LogP contribution < -0.4 is 10.2 Å². The molecule has 1 aromatic rings. The molecular weight excluding hydrogens is 398 g/mol. The van der Waals surface area contributed by atoms with Crippen LogP contribution in [0.5, 0.6) is 0 Å². The molecule has 4 aliphatic carbocycles. The summed E-state index contributed by atoms with van der Waals surface area (Å²) in [6.07, 6.45) is 8.96. The van der Waals surface area contributed by atoms with E-state index in [4.69, 9.17) is 4.74 Å². The molecule has 5 fully saturated rings. The Morgan fingerprint density at radius 3 is 2.29 bits per heavy atom. The summed E-state index contributed by atoms with van der Waals surface area (Å²) in [6, 6.07) is 4.41. The number of nitro groups is 1. The van der Waals surface area contributed by atoms with Crippen molar-refractivity contribution in [3.63, 3.8) is 0 Å². The first-order chi connectivity index (χ1) is 14.9. The van der Waals surface area contributed by atoms with E-state index in [9.17, 15) is 19.7 Å². The van der Waals surface area contributed by atoms with E-state index in [1.54, 1.807) is 12.1 Å². The van der Waals surface area contributed by atoms with Crippen molar-refractivity contribution in [3.05, 3.63) is 33.9 Å². The average Bonchev–Trinajstić information content (AvgIpc) is 3.25. The maximum absolute atomic E-state index is 12.6. The van der Waals surface area contributed by atoms with E-state index in [2.05, 4.69) is 5.32 Å². The minimum Gasteiger partial charge on any atom is -0.452 e. The Bertz CT molecular complexity index is 873. The van der Waals surface area contributed by atoms with Crippen molar-refractivity contribution in [1.29, 1.82) is 0 Å². The smallest absolute Gasteiger partial charge is 0.338 e. The van der Waals surface area contributed by atoms with Gasteiger partial charge in [0.05, 0.1) is 10.5 Å². The number of carbonyl (C=O) groups is 2. The summed E-state index contributed by atoms with van der Waals surface area (Å²) in [4.78, 5) is 38.1. The van der Waals surface area contributed by atoms with E-state index in [0.29, 0.717) is 23.4 Å². The van der Waals surface area contributed by atoms with Crippen molar-refractivity contribution in [1.82, 2.24) is 5.32 Å². The van der Waals surface area contributed by atoms with Gasteiger partial charge in [-0.2, -0.15) is 0 Å². The lowest BCUT2D eigenvalue weighted by Crippen LogP contribution is -2.60. The highest BCUT2D eigenvalue weighted by molar-refractivity contribution is 5.93. The van der Waals surface area contributed by atoms with Crippen LogP contribution in [0.2, 0.25) is 0 Å². The largest absolute Gasteiger partial charge is 0.452 e. The molecule has 8 heteroatoms. The van der Waals surface area contributed by atoms with Gasteiger partial charge >= 0.3 is 5.97 Å². The third-order valence-electron chi connectivity index (χ3n) is 7.63. The van der Waals surface area contributed by atoms with Gasteiger partial charge in [0.1, 0.15) is 5.69 Å². The Morgan fingerprint density at radius 2 is 1.71 bits per heavy atom. The summed E-state index contributed by atoms with van der Waals surface area (Å²) in [6.45, 7) is 1.19. The highest BCUT2D eigenvalue weighted by Crippen LogP contribution is 2.55. The number of amides is 1. The van der Waals surface area contributed by atoms with Crippen molar-refractivity contribution >= 4 is 23.3 Å². The molecule has 1 amide bonds. The molecule has 0 atom stereocenters. The summed E-state index contributed by atoms with van der Waals surface area (Å²) < 4.78 is 5.22. The van der Waals surface area contributed by atoms with Crippen molar-refractivity contribution in [2.45, 2.75) is 56.9 Å². The number of benzene rings is 1. The quantitative estimate of drug-likeness (QED) is 0.424. The highest BCUT2D eigenvalue weighted by atomic mass is 16.6. The molecule has 0 spiro atoms. The summed E-state index contributed by atoms with van der Waals surface area (Å²) in [7, 11) is 0. The lowest BCUT2D eigenvalue weighted by molar-refractivity contribution is -0.384. The zero-order valence-electron chi connectivity index (χ0n) is 17.7. The Kier molecular flexibility index (Phi) is 5.10. The molecule has 1 saturated heterocycles. The molecule has 1 aliphatic heterocycles. The van der Waals surface area contributed by atoms with E-state index < -0.39 is 10.9 Å². The van der Waals surface area contributed by atoms with Crippen molar-refractivity contribution in [2.24, 2.45) is 17.8 Å². The van der Waals surface area contributed by atoms with Crippen molar-refractivity contribution in [2.75, 3.05) is 24.6 Å². The molecule has 4 saturated carbocycles. The van der Waals surface area contributed by atoms with Crippen LogP contribution in [-0.2, 0) is 9.53 Å². The van der Waals surface area contributed by atoms with Gasteiger partial charge in [-0.3, -0.25) is 14.9 Å². The number of ether oxygens (including phenoxy) is 1. The van der Waals surface area contributed by atoms with E-state index in [1.165, 1.54) is 25.3 Å². The second-order valence-corrected chi connectivity index (χ2v) is 9.98. The van der Waals surface area contributed by atoms with Crippen LogP contribution in [0.15, 0.2) is 18.2 Å². The third kappa shape index (κ3) is 4.00. The van der Waals surface area contributed by atoms with Gasteiger partial charge in [0.2, 0.25) is 0 Å². The molecule has 0 radical (unpaired) electrons. The van der Waals surface area contributed by atoms with Crippen LogP contribution in [0.3, 0.4) is 0 Å². The Labute approximate surface area is 181 Å². The van der Waals surface area contributed by atoms with Gasteiger partial charge in [0.25, 0.3) is 11.6 Å². The Hall–Kier alpha value is -2.64. The molecule has 31 heavy (non-hydrogen) atoms. The normalized spacial score (nSPS) is 31.0. The second-order valence-electron chi connectivity index (χ2n) is 9.98. The van der Waals surface area contributed by atoms with Gasteiger partial charge in [0, 0.05) is 24.7 Å². The predicted octanol–water partition coefficient (Wildman–Crippen LogP) is 3.44. The van der Waals surface area contributed by atoms with E-state index in [1.807, 2.05) is 4.90 Å². The minimum absolute atomic E-state index is 0.0947. The summed E-state index contributed by atoms with van der Waals surface area (Å²) in [5.41, 5.74) is 0.388. The summed E-state index contributed by atoms with van der Waals surface area (Å²) >= 11 is 0. The number of anilines is 1. The fourth-order valence-electron chi connectivity index (χ4n) is 6.83. The Balaban J connectivity index is 1.21. The number of carbonyl (C=O) groups excluding carboxylic acids is 2. The second kappa shape index (κ2) is 7.80. The van der Waals surface area contributed by atoms with Crippen LogP contribution in [0.1, 0.15) is 61.7 Å². The molecule has 8 nitrogen and oxygen atoms in total. The number of rotatable bonds is 6. The molecule has 6 rings (SSSR count). The maximum Gasteiger partial charge on any atom is 0.338 e. The fraction of sp³-hybridized carbons (Fsp3) is 0.652. The van der Waals surface area contributed by atoms with E-state index in [-0.39, 0.29) is 29.3 Å². The average molecular weight is 428 g/mol. The van der Waals surface area contributed by atoms with Gasteiger partial charge in [-0.25, -0.2) is 4.79 Å². The molecule has 0 unspecified atom stereocenters. The van der Waals surface area contributed by atoms with Crippen LogP contribution in [0.25, 0.3) is 0 Å². The Morgan fingerprint density at radius 1 is 1.10 bits per heavy atom. The zero-order valence-corrected chi connectivity index (χ0v) is 17.7. The fourth-order valence-corrected chi connectivity index (χ4v) is 6.83. The van der Waals surface area contributed by atoms with Crippen LogP contribution in [0, 0.1) is 27.9 Å². The lowest BCUT2D eigenvalue weighted by atomic mass is 9.53. The molecule has 0 aromatic heterocycles. The molecule has 5 aliphatic rings. The predicted molar refractivity (Wildman–Crippen MR) is 114 cm³/mol. The molecule has 1 aromatic carbocycles. The summed E-state index contributed by atoms with van der Waals surface area (Å²) in [5.74, 6) is 1.14. The first-order valence-electron chi connectivity index (χ1n) is 11.4. The number of esters is 1. The van der Waals surface area contributed by atoms with Crippen LogP contribution in [0.4, 0.5) is 11.4 Å². The standard InChI is InChI=1S/C23H29N3O5/c27-21(24-23-11-15-7-16(12-23)9-17(8-15)13-23)14-31-22(28)18-3-4-19(20(10-18)26(29)30)25-5-1-2-6-25/h3-4,10,15-17H,1-2,5-9,11-14H2,(H,24,27). The summed E-state index contributed by atoms with van der Waals surface area (Å²) in [5, 5.41) is 14.7. The highest BCUT2D eigenvalue weighted by Gasteiger charge is 2.51. The molecule has 1 heterocycles. The number of hydrogen-bond donors (Lipinski definition) is 1. The van der Waals surface area contributed by atoms with Crippen LogP contribution in [-0.4, -0.2) is 42.0 Å². The molecule has 166 valence electrons. The number of nitrogens with zero attached hydrogens (tertiary/aromatic N) is 2. The van der Waals surface area contributed by atoms with E-state index >= 15 is 0 Å². The first-order valence-corrected chi connectivity index (χ1v) is 11.4. The maximum atomic E-state index is 12.6. The number of nitrogens with one attached hydrogen (secondary N) is 1. The monoisotopic (exact) mass is 427 g/mol. The number of hydrogen-bond acceptors (Lipinski definition) is 6. The topological polar surface area (TPSA) is 102 Å².